The second kappa shape index (κ2) is 3.44. The third-order valence-corrected chi connectivity index (χ3v) is 1.57. The van der Waals surface area contributed by atoms with Gasteiger partial charge in [0.15, 0.2) is 0 Å². The second-order valence-electron chi connectivity index (χ2n) is 4.30. The van der Waals surface area contributed by atoms with Crippen LogP contribution in [0.5, 0.6) is 0 Å². The van der Waals surface area contributed by atoms with Crippen molar-refractivity contribution in [3.63, 3.8) is 0 Å². The van der Waals surface area contributed by atoms with Gasteiger partial charge in [0.25, 0.3) is 0 Å². The maximum atomic E-state index is 12.1. The SMILES string of the molecule is CC(C)(C)Cc1ccn(C(F)F)n1. The van der Waals surface area contributed by atoms with Gasteiger partial charge >= 0.3 is 6.55 Å². The molecule has 1 aromatic heterocycles. The molecular formula is C9H14F2N2. The van der Waals surface area contributed by atoms with Crippen molar-refractivity contribution in [3.05, 3.63) is 18.0 Å². The van der Waals surface area contributed by atoms with Gasteiger partial charge in [0.2, 0.25) is 0 Å². The Kier molecular flexibility index (Phi) is 2.68. The summed E-state index contributed by atoms with van der Waals surface area (Å²) in [5, 5.41) is 3.76. The summed E-state index contributed by atoms with van der Waals surface area (Å²) in [6.45, 7) is 3.62. The van der Waals surface area contributed by atoms with Crippen molar-refractivity contribution in [2.75, 3.05) is 0 Å². The van der Waals surface area contributed by atoms with Gasteiger partial charge in [-0.2, -0.15) is 13.9 Å². The zero-order chi connectivity index (χ0) is 10.1. The first-order valence-corrected chi connectivity index (χ1v) is 4.21. The highest BCUT2D eigenvalue weighted by Gasteiger charge is 2.14. The molecule has 74 valence electrons. The Labute approximate surface area is 76.6 Å². The number of halogens is 2. The molecule has 0 aromatic carbocycles. The van der Waals surface area contributed by atoms with Crippen molar-refractivity contribution in [1.82, 2.24) is 9.78 Å². The maximum Gasteiger partial charge on any atom is 0.333 e. The average Bonchev–Trinajstić information content (AvgIpc) is 2.31. The first-order valence-electron chi connectivity index (χ1n) is 4.21. The molecule has 1 rings (SSSR count). The zero-order valence-corrected chi connectivity index (χ0v) is 8.09. The number of aromatic nitrogens is 2. The van der Waals surface area contributed by atoms with Gasteiger partial charge < -0.3 is 0 Å². The van der Waals surface area contributed by atoms with Crippen LogP contribution in [0, 0.1) is 5.41 Å². The van der Waals surface area contributed by atoms with Crippen LogP contribution in [0.1, 0.15) is 33.0 Å². The molecule has 4 heteroatoms. The summed E-state index contributed by atoms with van der Waals surface area (Å²) >= 11 is 0. The molecule has 0 fully saturated rings. The molecule has 0 radical (unpaired) electrons. The fraction of sp³-hybridized carbons (Fsp3) is 0.667. The van der Waals surface area contributed by atoms with Crippen molar-refractivity contribution in [2.24, 2.45) is 5.41 Å². The fourth-order valence-corrected chi connectivity index (χ4v) is 1.12. The lowest BCUT2D eigenvalue weighted by molar-refractivity contribution is 0.0560. The minimum atomic E-state index is -2.53. The minimum Gasteiger partial charge on any atom is -0.211 e. The smallest absolute Gasteiger partial charge is 0.211 e. The highest BCUT2D eigenvalue weighted by Crippen LogP contribution is 2.20. The van der Waals surface area contributed by atoms with E-state index >= 15 is 0 Å². The van der Waals surface area contributed by atoms with E-state index in [1.54, 1.807) is 6.07 Å². The molecule has 0 amide bonds. The quantitative estimate of drug-likeness (QED) is 0.697. The highest BCUT2D eigenvalue weighted by molar-refractivity contribution is 5.01. The normalized spacial score (nSPS) is 12.5. The molecule has 0 saturated carbocycles. The van der Waals surface area contributed by atoms with E-state index in [-0.39, 0.29) is 5.41 Å². The third-order valence-electron chi connectivity index (χ3n) is 1.57. The predicted molar refractivity (Wildman–Crippen MR) is 46.6 cm³/mol. The zero-order valence-electron chi connectivity index (χ0n) is 8.09. The highest BCUT2D eigenvalue weighted by atomic mass is 19.3. The van der Waals surface area contributed by atoms with E-state index < -0.39 is 6.55 Å². The molecule has 0 unspecified atom stereocenters. The Hall–Kier alpha value is -0.930. The maximum absolute atomic E-state index is 12.1. The van der Waals surface area contributed by atoms with Crippen LogP contribution in [0.25, 0.3) is 0 Å². The van der Waals surface area contributed by atoms with Crippen LogP contribution in [0.3, 0.4) is 0 Å². The van der Waals surface area contributed by atoms with Crippen molar-refractivity contribution < 1.29 is 8.78 Å². The van der Waals surface area contributed by atoms with Crippen LogP contribution in [0.2, 0.25) is 0 Å². The largest absolute Gasteiger partial charge is 0.333 e. The summed E-state index contributed by atoms with van der Waals surface area (Å²) in [6, 6.07) is 1.64. The number of alkyl halides is 2. The third kappa shape index (κ3) is 3.13. The molecule has 1 heterocycles. The molecule has 0 aliphatic carbocycles. The van der Waals surface area contributed by atoms with Crippen molar-refractivity contribution in [1.29, 1.82) is 0 Å². The number of nitrogens with zero attached hydrogens (tertiary/aromatic N) is 2. The van der Waals surface area contributed by atoms with E-state index in [2.05, 4.69) is 5.10 Å². The van der Waals surface area contributed by atoms with Crippen LogP contribution < -0.4 is 0 Å². The topological polar surface area (TPSA) is 17.8 Å². The molecule has 0 atom stereocenters. The molecule has 0 bridgehead atoms. The first kappa shape index (κ1) is 10.2. The van der Waals surface area contributed by atoms with Gasteiger partial charge in [0.1, 0.15) is 0 Å². The van der Waals surface area contributed by atoms with E-state index in [0.29, 0.717) is 16.8 Å². The van der Waals surface area contributed by atoms with Crippen LogP contribution in [0.15, 0.2) is 12.3 Å². The molecular weight excluding hydrogens is 174 g/mol. The van der Waals surface area contributed by atoms with Gasteiger partial charge in [-0.15, -0.1) is 0 Å². The average molecular weight is 188 g/mol. The Morgan fingerprint density at radius 2 is 2.08 bits per heavy atom. The minimum absolute atomic E-state index is 0.0846. The summed E-state index contributed by atoms with van der Waals surface area (Å²) in [4.78, 5) is 0. The van der Waals surface area contributed by atoms with E-state index in [4.69, 9.17) is 0 Å². The fourth-order valence-electron chi connectivity index (χ4n) is 1.12. The van der Waals surface area contributed by atoms with Gasteiger partial charge in [-0.3, -0.25) is 0 Å². The summed E-state index contributed by atoms with van der Waals surface area (Å²) in [7, 11) is 0. The second-order valence-corrected chi connectivity index (χ2v) is 4.30. The van der Waals surface area contributed by atoms with Gasteiger partial charge in [-0.05, 0) is 17.9 Å². The van der Waals surface area contributed by atoms with E-state index in [1.165, 1.54) is 6.20 Å². The summed E-state index contributed by atoms with van der Waals surface area (Å²) in [5.74, 6) is 0. The van der Waals surface area contributed by atoms with Gasteiger partial charge in [-0.25, -0.2) is 4.68 Å². The summed E-state index contributed by atoms with van der Waals surface area (Å²) < 4.78 is 24.9. The van der Waals surface area contributed by atoms with E-state index in [0.717, 1.165) is 0 Å². The monoisotopic (exact) mass is 188 g/mol. The molecule has 0 saturated heterocycles. The first-order chi connectivity index (χ1) is 5.88. The molecule has 13 heavy (non-hydrogen) atoms. The van der Waals surface area contributed by atoms with Crippen LogP contribution in [-0.4, -0.2) is 9.78 Å². The van der Waals surface area contributed by atoms with E-state index in [9.17, 15) is 8.78 Å². The van der Waals surface area contributed by atoms with Gasteiger partial charge in [-0.1, -0.05) is 20.8 Å². The number of hydrogen-bond donors (Lipinski definition) is 0. The van der Waals surface area contributed by atoms with Crippen molar-refractivity contribution in [2.45, 2.75) is 33.7 Å². The predicted octanol–water partition coefficient (Wildman–Crippen LogP) is 2.87. The number of rotatable bonds is 2. The lowest BCUT2D eigenvalue weighted by atomic mass is 9.91. The van der Waals surface area contributed by atoms with Gasteiger partial charge in [0.05, 0.1) is 5.69 Å². The Bertz CT molecular complexity index is 273. The molecule has 2 nitrogen and oxygen atoms in total. The molecule has 1 aromatic rings. The lowest BCUT2D eigenvalue weighted by Crippen LogP contribution is -2.10. The summed E-state index contributed by atoms with van der Waals surface area (Å²) in [6.07, 6.45) is 2.03. The lowest BCUT2D eigenvalue weighted by Gasteiger charge is -2.15. The number of hydrogen-bond acceptors (Lipinski definition) is 1. The van der Waals surface area contributed by atoms with E-state index in [1.807, 2.05) is 20.8 Å². The molecule has 0 aliphatic heterocycles. The molecule has 0 aliphatic rings. The van der Waals surface area contributed by atoms with Crippen molar-refractivity contribution in [3.8, 4) is 0 Å². The van der Waals surface area contributed by atoms with Crippen LogP contribution >= 0.6 is 0 Å². The van der Waals surface area contributed by atoms with Crippen LogP contribution in [0.4, 0.5) is 8.78 Å². The Morgan fingerprint density at radius 1 is 1.46 bits per heavy atom. The molecule has 0 N–H and O–H groups in total. The summed E-state index contributed by atoms with van der Waals surface area (Å²) in [5.41, 5.74) is 0.800. The Morgan fingerprint density at radius 3 is 2.46 bits per heavy atom. The van der Waals surface area contributed by atoms with Gasteiger partial charge in [0, 0.05) is 6.20 Å². The molecule has 0 spiro atoms. The Balaban J connectivity index is 2.70. The van der Waals surface area contributed by atoms with Crippen molar-refractivity contribution >= 4 is 0 Å². The standard InChI is InChI=1S/C9H14F2N2/c1-9(2,3)6-7-4-5-13(12-7)8(10)11/h4-5,8H,6H2,1-3H3. The van der Waals surface area contributed by atoms with Crippen LogP contribution in [-0.2, 0) is 6.42 Å².